The molecule has 2 atom stereocenters. The number of halogens is 3. The van der Waals surface area contributed by atoms with Crippen molar-refractivity contribution in [2.75, 3.05) is 12.4 Å². The zero-order valence-electron chi connectivity index (χ0n) is 15.4. The van der Waals surface area contributed by atoms with E-state index in [9.17, 15) is 14.7 Å². The highest BCUT2D eigenvalue weighted by molar-refractivity contribution is 9.11. The molecule has 0 aromatic heterocycles. The van der Waals surface area contributed by atoms with Crippen molar-refractivity contribution in [2.24, 2.45) is 0 Å². The lowest BCUT2D eigenvalue weighted by Crippen LogP contribution is -2.27. The van der Waals surface area contributed by atoms with Crippen LogP contribution in [0.1, 0.15) is 11.7 Å². The van der Waals surface area contributed by atoms with Crippen molar-refractivity contribution in [1.29, 1.82) is 0 Å². The van der Waals surface area contributed by atoms with Gasteiger partial charge in [0.1, 0.15) is 11.9 Å². The topological polar surface area (TPSA) is 117 Å². The summed E-state index contributed by atoms with van der Waals surface area (Å²) in [5.74, 6) is -0.962. The molecule has 0 unspecified atom stereocenters. The molecule has 160 valence electrons. The van der Waals surface area contributed by atoms with E-state index in [0.29, 0.717) is 14.6 Å². The highest BCUT2D eigenvalue weighted by Crippen LogP contribution is 2.39. The predicted octanol–water partition coefficient (Wildman–Crippen LogP) is 5.05. The molecular formula is C19H17Br3N2O6. The number of ether oxygens (including phenoxy) is 2. The molecule has 0 aliphatic carbocycles. The third-order valence-electron chi connectivity index (χ3n) is 3.81. The number of anilines is 1. The molecule has 4 N–H and O–H groups in total. The summed E-state index contributed by atoms with van der Waals surface area (Å²) in [7, 11) is 1.35. The summed E-state index contributed by atoms with van der Waals surface area (Å²) in [4.78, 5) is 23.9. The summed E-state index contributed by atoms with van der Waals surface area (Å²) in [5.41, 5.74) is 2.18. The molecular weight excluding hydrogens is 592 g/mol. The number of amides is 2. The van der Waals surface area contributed by atoms with Gasteiger partial charge in [0.05, 0.1) is 4.47 Å². The molecule has 30 heavy (non-hydrogen) atoms. The summed E-state index contributed by atoms with van der Waals surface area (Å²) in [6, 6.07) is 10.0. The summed E-state index contributed by atoms with van der Waals surface area (Å²) in [6.45, 7) is 0. The number of benzene rings is 2. The van der Waals surface area contributed by atoms with E-state index in [0.717, 1.165) is 10.5 Å². The smallest absolute Gasteiger partial charge is 0.412 e. The fraction of sp³-hybridized carbons (Fsp3) is 0.158. The Morgan fingerprint density at radius 3 is 2.37 bits per heavy atom. The Labute approximate surface area is 197 Å². The van der Waals surface area contributed by atoms with Gasteiger partial charge >= 0.3 is 6.09 Å². The molecule has 0 fully saturated rings. The lowest BCUT2D eigenvalue weighted by atomic mass is 10.0. The van der Waals surface area contributed by atoms with Crippen molar-refractivity contribution in [3.05, 3.63) is 67.5 Å². The fourth-order valence-electron chi connectivity index (χ4n) is 2.43. The van der Waals surface area contributed by atoms with Gasteiger partial charge in [-0.3, -0.25) is 15.3 Å². The van der Waals surface area contributed by atoms with Crippen LogP contribution in [0.4, 0.5) is 10.5 Å². The second kappa shape index (κ2) is 11.5. The molecule has 0 bridgehead atoms. The van der Waals surface area contributed by atoms with Gasteiger partial charge in [-0.25, -0.2) is 10.3 Å². The van der Waals surface area contributed by atoms with E-state index in [2.05, 4.69) is 53.1 Å². The van der Waals surface area contributed by atoms with E-state index < -0.39 is 24.2 Å². The van der Waals surface area contributed by atoms with Crippen LogP contribution in [-0.4, -0.2) is 35.5 Å². The number of carbonyl (C=O) groups excluding carboxylic acids is 2. The molecule has 2 aromatic rings. The summed E-state index contributed by atoms with van der Waals surface area (Å²) >= 11 is 9.88. The zero-order chi connectivity index (χ0) is 22.3. The van der Waals surface area contributed by atoms with Crippen molar-refractivity contribution in [2.45, 2.75) is 12.2 Å². The third kappa shape index (κ3) is 6.81. The Bertz CT molecular complexity index is 937. The summed E-state index contributed by atoms with van der Waals surface area (Å²) < 4.78 is 12.7. The lowest BCUT2D eigenvalue weighted by molar-refractivity contribution is -0.124. The molecule has 8 nitrogen and oxygen atoms in total. The first-order valence-electron chi connectivity index (χ1n) is 8.31. The maximum atomic E-state index is 12.5. The second-order valence-corrected chi connectivity index (χ2v) is 8.50. The number of carbonyl (C=O) groups is 2. The second-order valence-electron chi connectivity index (χ2n) is 5.82. The third-order valence-corrected chi connectivity index (χ3v) is 5.40. The molecule has 0 radical (unpaired) electrons. The number of hydroxylamine groups is 1. The number of rotatable bonds is 7. The largest absolute Gasteiger partial charge is 0.506 e. The van der Waals surface area contributed by atoms with Crippen LogP contribution in [0.25, 0.3) is 0 Å². The van der Waals surface area contributed by atoms with Crippen LogP contribution in [0.15, 0.2) is 62.0 Å². The standard InChI is InChI=1S/C19H17Br3N2O6/c1-29-15(6-7-16(25)24-28)18(13-8-11(21)9-14(22)17(13)26)30-19(27)23-12-4-2-10(20)3-5-12/h2-9,15,18,26,28H,1H3,(H,23,27)(H,24,25)/b7-6+/t15-,18-/m1/s1. The van der Waals surface area contributed by atoms with Gasteiger partial charge in [0.15, 0.2) is 6.10 Å². The molecule has 0 saturated heterocycles. The van der Waals surface area contributed by atoms with Crippen molar-refractivity contribution in [1.82, 2.24) is 5.48 Å². The van der Waals surface area contributed by atoms with Gasteiger partial charge in [-0.2, -0.15) is 0 Å². The van der Waals surface area contributed by atoms with E-state index >= 15 is 0 Å². The van der Waals surface area contributed by atoms with Crippen LogP contribution in [-0.2, 0) is 14.3 Å². The SMILES string of the molecule is CO[C@H](/C=C/C(=O)NO)[C@H](OC(=O)Nc1ccc(Br)cc1)c1cc(Br)cc(Br)c1O. The normalized spacial score (nSPS) is 13.0. The summed E-state index contributed by atoms with van der Waals surface area (Å²) in [5, 5.41) is 21.8. The van der Waals surface area contributed by atoms with Crippen LogP contribution in [0.5, 0.6) is 5.75 Å². The highest BCUT2D eigenvalue weighted by atomic mass is 79.9. The molecule has 2 amide bonds. The molecule has 0 heterocycles. The van der Waals surface area contributed by atoms with Crippen molar-refractivity contribution in [3.63, 3.8) is 0 Å². The molecule has 2 aromatic carbocycles. The molecule has 0 saturated carbocycles. The average molecular weight is 609 g/mol. The van der Waals surface area contributed by atoms with E-state index in [1.165, 1.54) is 18.7 Å². The number of nitrogens with one attached hydrogen (secondary N) is 2. The van der Waals surface area contributed by atoms with E-state index in [4.69, 9.17) is 14.7 Å². The minimum atomic E-state index is -1.14. The monoisotopic (exact) mass is 606 g/mol. The minimum Gasteiger partial charge on any atom is -0.506 e. The maximum Gasteiger partial charge on any atom is 0.412 e. The van der Waals surface area contributed by atoms with Gasteiger partial charge in [0.2, 0.25) is 0 Å². The predicted molar refractivity (Wildman–Crippen MR) is 120 cm³/mol. The van der Waals surface area contributed by atoms with Gasteiger partial charge < -0.3 is 14.6 Å². The Morgan fingerprint density at radius 2 is 1.77 bits per heavy atom. The first-order valence-corrected chi connectivity index (χ1v) is 10.7. The first kappa shape index (κ1) is 24.4. The van der Waals surface area contributed by atoms with Crippen LogP contribution in [0.3, 0.4) is 0 Å². The van der Waals surface area contributed by atoms with Crippen molar-refractivity contribution >= 4 is 65.5 Å². The zero-order valence-corrected chi connectivity index (χ0v) is 20.2. The van der Waals surface area contributed by atoms with E-state index in [1.54, 1.807) is 36.4 Å². The number of phenols is 1. The maximum absolute atomic E-state index is 12.5. The molecule has 0 aliphatic rings. The van der Waals surface area contributed by atoms with Crippen LogP contribution < -0.4 is 10.8 Å². The Hall–Kier alpha value is -1.92. The number of hydrogen-bond donors (Lipinski definition) is 4. The van der Waals surface area contributed by atoms with Crippen molar-refractivity contribution < 1.29 is 29.4 Å². The van der Waals surface area contributed by atoms with Crippen LogP contribution >= 0.6 is 47.8 Å². The first-order chi connectivity index (χ1) is 14.2. The molecule has 2 rings (SSSR count). The fourth-order valence-corrected chi connectivity index (χ4v) is 3.95. The quantitative estimate of drug-likeness (QED) is 0.199. The Kier molecular flexibility index (Phi) is 9.31. The van der Waals surface area contributed by atoms with Gasteiger partial charge in [-0.1, -0.05) is 31.9 Å². The van der Waals surface area contributed by atoms with Crippen LogP contribution in [0.2, 0.25) is 0 Å². The van der Waals surface area contributed by atoms with Gasteiger partial charge in [0, 0.05) is 33.4 Å². The Morgan fingerprint density at radius 1 is 1.10 bits per heavy atom. The van der Waals surface area contributed by atoms with Gasteiger partial charge in [0.25, 0.3) is 5.91 Å². The van der Waals surface area contributed by atoms with Crippen LogP contribution in [0, 0.1) is 0 Å². The molecule has 11 heteroatoms. The van der Waals surface area contributed by atoms with Crippen molar-refractivity contribution in [3.8, 4) is 5.75 Å². The lowest BCUT2D eigenvalue weighted by Gasteiger charge is -2.25. The van der Waals surface area contributed by atoms with Gasteiger partial charge in [-0.15, -0.1) is 0 Å². The number of hydrogen-bond acceptors (Lipinski definition) is 6. The number of phenolic OH excluding ortho intramolecular Hbond substituents is 1. The highest BCUT2D eigenvalue weighted by Gasteiger charge is 2.29. The average Bonchev–Trinajstić information content (AvgIpc) is 2.71. The molecule has 0 aliphatic heterocycles. The minimum absolute atomic E-state index is 0.165. The number of methoxy groups -OCH3 is 1. The van der Waals surface area contributed by atoms with E-state index in [-0.39, 0.29) is 11.3 Å². The van der Waals surface area contributed by atoms with Gasteiger partial charge in [-0.05, 0) is 58.4 Å². The molecule has 0 spiro atoms. The number of aromatic hydroxyl groups is 1. The van der Waals surface area contributed by atoms with E-state index in [1.807, 2.05) is 0 Å². The summed E-state index contributed by atoms with van der Waals surface area (Å²) in [6.07, 6.45) is -0.606. The Balaban J connectivity index is 2.37.